The second-order valence-corrected chi connectivity index (χ2v) is 5.98. The first-order valence-electron chi connectivity index (χ1n) is 4.62. The van der Waals surface area contributed by atoms with Gasteiger partial charge in [-0.15, -0.1) is 0 Å². The molecule has 0 amide bonds. The summed E-state index contributed by atoms with van der Waals surface area (Å²) in [6.45, 7) is 1.66. The monoisotopic (exact) mass is 290 g/mol. The van der Waals surface area contributed by atoms with E-state index < -0.39 is 10.0 Å². The van der Waals surface area contributed by atoms with Gasteiger partial charge < -0.3 is 0 Å². The van der Waals surface area contributed by atoms with Crippen LogP contribution >= 0.6 is 23.2 Å². The van der Waals surface area contributed by atoms with E-state index in [-0.39, 0.29) is 9.92 Å². The van der Waals surface area contributed by atoms with Crippen LogP contribution in [-0.4, -0.2) is 17.4 Å². The number of nitrogens with zero attached hydrogens (tertiary/aromatic N) is 2. The van der Waals surface area contributed by atoms with Crippen molar-refractivity contribution in [2.45, 2.75) is 11.8 Å². The van der Waals surface area contributed by atoms with Crippen LogP contribution in [0.15, 0.2) is 35.7 Å². The van der Waals surface area contributed by atoms with Crippen LogP contribution < -0.4 is 0 Å². The summed E-state index contributed by atoms with van der Waals surface area (Å²) in [5.41, 5.74) is 0.537. The van der Waals surface area contributed by atoms with E-state index in [0.29, 0.717) is 10.6 Å². The van der Waals surface area contributed by atoms with Crippen LogP contribution in [-0.2, 0) is 10.0 Å². The van der Waals surface area contributed by atoms with Gasteiger partial charge in [0.25, 0.3) is 10.0 Å². The Morgan fingerprint density at radius 2 is 2.00 bits per heavy atom. The number of rotatable bonds is 2. The number of halogens is 2. The number of benzene rings is 1. The highest BCUT2D eigenvalue weighted by Gasteiger charge is 2.21. The molecule has 1 heterocycles. The first-order valence-corrected chi connectivity index (χ1v) is 6.82. The molecule has 0 unspecified atom stereocenters. The molecule has 0 N–H and O–H groups in total. The Morgan fingerprint density at radius 3 is 2.59 bits per heavy atom. The van der Waals surface area contributed by atoms with Crippen LogP contribution in [0.5, 0.6) is 0 Å². The molecule has 0 saturated carbocycles. The van der Waals surface area contributed by atoms with Gasteiger partial charge in [0.15, 0.2) is 0 Å². The van der Waals surface area contributed by atoms with E-state index in [9.17, 15) is 8.42 Å². The second kappa shape index (κ2) is 4.33. The van der Waals surface area contributed by atoms with Crippen molar-refractivity contribution < 1.29 is 8.42 Å². The van der Waals surface area contributed by atoms with Crippen molar-refractivity contribution in [3.63, 3.8) is 0 Å². The summed E-state index contributed by atoms with van der Waals surface area (Å²) >= 11 is 11.9. The van der Waals surface area contributed by atoms with Gasteiger partial charge in [-0.2, -0.15) is 0 Å². The fourth-order valence-corrected chi connectivity index (χ4v) is 3.24. The second-order valence-electron chi connectivity index (χ2n) is 3.38. The highest BCUT2D eigenvalue weighted by atomic mass is 35.5. The lowest BCUT2D eigenvalue weighted by Gasteiger charge is -2.09. The summed E-state index contributed by atoms with van der Waals surface area (Å²) in [4.78, 5) is 3.71. The van der Waals surface area contributed by atoms with Gasteiger partial charge in [0.2, 0.25) is 0 Å². The quantitative estimate of drug-likeness (QED) is 0.855. The van der Waals surface area contributed by atoms with Gasteiger partial charge in [-0.1, -0.05) is 23.2 Å². The maximum atomic E-state index is 12.2. The molecule has 0 radical (unpaired) electrons. The third-order valence-corrected chi connectivity index (χ3v) is 5.00. The Hall–Kier alpha value is -1.04. The van der Waals surface area contributed by atoms with E-state index in [2.05, 4.69) is 4.98 Å². The topological polar surface area (TPSA) is 52.0 Å². The van der Waals surface area contributed by atoms with Crippen LogP contribution in [0.25, 0.3) is 0 Å². The highest BCUT2D eigenvalue weighted by Crippen LogP contribution is 2.31. The highest BCUT2D eigenvalue weighted by molar-refractivity contribution is 7.90. The normalized spacial score (nSPS) is 11.7. The molecule has 2 rings (SSSR count). The van der Waals surface area contributed by atoms with Crippen molar-refractivity contribution in [1.82, 2.24) is 8.96 Å². The summed E-state index contributed by atoms with van der Waals surface area (Å²) in [5, 5.41) is 0.561. The molecule has 7 heteroatoms. The van der Waals surface area contributed by atoms with Gasteiger partial charge >= 0.3 is 0 Å². The smallest absolute Gasteiger partial charge is 0.244 e. The van der Waals surface area contributed by atoms with Crippen molar-refractivity contribution in [1.29, 1.82) is 0 Å². The summed E-state index contributed by atoms with van der Waals surface area (Å²) in [6.07, 6.45) is 3.93. The molecule has 0 aliphatic rings. The average Bonchev–Trinajstić information content (AvgIpc) is 2.79. The molecule has 0 bridgehead atoms. The molecule has 90 valence electrons. The molecule has 0 aliphatic heterocycles. The third kappa shape index (κ3) is 2.06. The van der Waals surface area contributed by atoms with Gasteiger partial charge in [-0.05, 0) is 24.6 Å². The van der Waals surface area contributed by atoms with E-state index in [1.54, 1.807) is 6.92 Å². The Balaban J connectivity index is 2.67. The zero-order valence-corrected chi connectivity index (χ0v) is 11.1. The SMILES string of the molecule is Cc1c(Cl)ccc(S(=O)(=O)n2ccnc2)c1Cl. The molecule has 2 aromatic rings. The van der Waals surface area contributed by atoms with Crippen LogP contribution in [0.2, 0.25) is 10.0 Å². The number of hydrogen-bond acceptors (Lipinski definition) is 3. The van der Waals surface area contributed by atoms with Crippen LogP contribution in [0, 0.1) is 6.92 Å². The van der Waals surface area contributed by atoms with Crippen LogP contribution in [0.1, 0.15) is 5.56 Å². The van der Waals surface area contributed by atoms with E-state index >= 15 is 0 Å². The minimum absolute atomic E-state index is 0.0130. The predicted molar refractivity (Wildman–Crippen MR) is 66.0 cm³/mol. The number of aromatic nitrogens is 2. The van der Waals surface area contributed by atoms with Crippen molar-refractivity contribution in [3.05, 3.63) is 46.5 Å². The summed E-state index contributed by atoms with van der Waals surface area (Å²) in [6, 6.07) is 2.89. The zero-order valence-electron chi connectivity index (χ0n) is 8.76. The van der Waals surface area contributed by atoms with Crippen molar-refractivity contribution in [3.8, 4) is 0 Å². The Morgan fingerprint density at radius 1 is 1.29 bits per heavy atom. The van der Waals surface area contributed by atoms with Gasteiger partial charge in [0, 0.05) is 17.4 Å². The lowest BCUT2D eigenvalue weighted by atomic mass is 10.2. The summed E-state index contributed by atoms with van der Waals surface area (Å²) < 4.78 is 25.4. The first kappa shape index (κ1) is 12.4. The van der Waals surface area contributed by atoms with E-state index in [1.807, 2.05) is 0 Å². The van der Waals surface area contributed by atoms with E-state index in [1.165, 1.54) is 30.9 Å². The van der Waals surface area contributed by atoms with Gasteiger partial charge in [0.1, 0.15) is 11.2 Å². The Bertz CT molecular complexity index is 651. The fourth-order valence-electron chi connectivity index (χ4n) is 1.34. The molecule has 0 saturated heterocycles. The first-order chi connectivity index (χ1) is 7.94. The van der Waals surface area contributed by atoms with Crippen molar-refractivity contribution >= 4 is 33.2 Å². The summed E-state index contributed by atoms with van der Waals surface area (Å²) in [7, 11) is -3.70. The molecular weight excluding hydrogens is 283 g/mol. The number of hydrogen-bond donors (Lipinski definition) is 0. The standard InChI is InChI=1S/C10H8Cl2N2O2S/c1-7-8(11)2-3-9(10(7)12)17(15,16)14-5-4-13-6-14/h2-6H,1H3. The molecule has 0 fully saturated rings. The molecule has 0 spiro atoms. The van der Waals surface area contributed by atoms with Gasteiger partial charge in [-0.25, -0.2) is 17.4 Å². The molecule has 1 aromatic carbocycles. The van der Waals surface area contributed by atoms with Gasteiger partial charge in [-0.3, -0.25) is 0 Å². The predicted octanol–water partition coefficient (Wildman–Crippen LogP) is 2.74. The van der Waals surface area contributed by atoms with E-state index in [4.69, 9.17) is 23.2 Å². The summed E-state index contributed by atoms with van der Waals surface area (Å²) in [5.74, 6) is 0. The maximum absolute atomic E-state index is 12.2. The Labute approximate surface area is 109 Å². The minimum atomic E-state index is -3.70. The largest absolute Gasteiger partial charge is 0.270 e. The molecule has 0 aliphatic carbocycles. The third-order valence-electron chi connectivity index (χ3n) is 2.32. The van der Waals surface area contributed by atoms with E-state index in [0.717, 1.165) is 3.97 Å². The van der Waals surface area contributed by atoms with Crippen LogP contribution in [0.4, 0.5) is 0 Å². The minimum Gasteiger partial charge on any atom is -0.244 e. The molecule has 1 aromatic heterocycles. The Kier molecular flexibility index (Phi) is 3.16. The van der Waals surface area contributed by atoms with Crippen molar-refractivity contribution in [2.75, 3.05) is 0 Å². The average molecular weight is 291 g/mol. The zero-order chi connectivity index (χ0) is 12.6. The van der Waals surface area contributed by atoms with Gasteiger partial charge in [0.05, 0.1) is 5.02 Å². The maximum Gasteiger partial charge on any atom is 0.270 e. The fraction of sp³-hybridized carbons (Fsp3) is 0.100. The molecule has 17 heavy (non-hydrogen) atoms. The lowest BCUT2D eigenvalue weighted by molar-refractivity contribution is 0.587. The number of imidazole rings is 1. The lowest BCUT2D eigenvalue weighted by Crippen LogP contribution is -2.11. The van der Waals surface area contributed by atoms with Crippen LogP contribution in [0.3, 0.4) is 0 Å². The molecular formula is C10H8Cl2N2O2S. The van der Waals surface area contributed by atoms with Crippen molar-refractivity contribution in [2.24, 2.45) is 0 Å². The molecule has 4 nitrogen and oxygen atoms in total. The molecule has 0 atom stereocenters.